The van der Waals surface area contributed by atoms with Crippen molar-refractivity contribution in [1.82, 2.24) is 15.1 Å². The van der Waals surface area contributed by atoms with Crippen LogP contribution in [-0.4, -0.2) is 60.5 Å². The molecule has 116 valence electrons. The van der Waals surface area contributed by atoms with Crippen molar-refractivity contribution in [2.45, 2.75) is 64.6 Å². The van der Waals surface area contributed by atoms with Gasteiger partial charge in [-0.3, -0.25) is 9.69 Å². The van der Waals surface area contributed by atoms with Gasteiger partial charge in [0.15, 0.2) is 0 Å². The van der Waals surface area contributed by atoms with E-state index in [0.29, 0.717) is 18.0 Å². The molecular formula is C16H31N3O. The van der Waals surface area contributed by atoms with E-state index in [4.69, 9.17) is 0 Å². The number of carbonyl (C=O) groups excluding carboxylic acids is 1. The molecule has 2 aliphatic heterocycles. The standard InChI is InChI=1S/C16H31N3O/c1-12-5-6-13(2)19(12)14(3)16(20)18-9-7-15(8-10-18)11-17-4/h12-15,17H,5-11H2,1-4H3. The van der Waals surface area contributed by atoms with Crippen molar-refractivity contribution in [3.8, 4) is 0 Å². The minimum atomic E-state index is 0.0448. The second kappa shape index (κ2) is 6.90. The molecule has 0 spiro atoms. The van der Waals surface area contributed by atoms with Gasteiger partial charge in [0.2, 0.25) is 5.91 Å². The molecule has 2 fully saturated rings. The van der Waals surface area contributed by atoms with Crippen LogP contribution in [0.2, 0.25) is 0 Å². The van der Waals surface area contributed by atoms with Gasteiger partial charge in [0.05, 0.1) is 6.04 Å². The maximum absolute atomic E-state index is 12.7. The van der Waals surface area contributed by atoms with E-state index < -0.39 is 0 Å². The van der Waals surface area contributed by atoms with E-state index in [-0.39, 0.29) is 6.04 Å². The lowest BCUT2D eigenvalue weighted by atomic mass is 9.96. The predicted molar refractivity (Wildman–Crippen MR) is 82.7 cm³/mol. The Hall–Kier alpha value is -0.610. The molecular weight excluding hydrogens is 250 g/mol. The Morgan fingerprint density at radius 2 is 1.70 bits per heavy atom. The summed E-state index contributed by atoms with van der Waals surface area (Å²) in [6.07, 6.45) is 4.74. The number of likely N-dealkylation sites (tertiary alicyclic amines) is 2. The van der Waals surface area contributed by atoms with Crippen molar-refractivity contribution >= 4 is 5.91 Å². The molecule has 2 saturated heterocycles. The Balaban J connectivity index is 1.88. The molecule has 0 aliphatic carbocycles. The molecule has 0 saturated carbocycles. The minimum absolute atomic E-state index is 0.0448. The largest absolute Gasteiger partial charge is 0.341 e. The van der Waals surface area contributed by atoms with Crippen LogP contribution >= 0.6 is 0 Å². The average molecular weight is 281 g/mol. The summed E-state index contributed by atoms with van der Waals surface area (Å²) in [6.45, 7) is 9.56. The van der Waals surface area contributed by atoms with Crippen LogP contribution in [0.4, 0.5) is 0 Å². The van der Waals surface area contributed by atoms with E-state index in [9.17, 15) is 4.79 Å². The van der Waals surface area contributed by atoms with Crippen LogP contribution in [0.1, 0.15) is 46.5 Å². The lowest BCUT2D eigenvalue weighted by molar-refractivity contribution is -0.138. The number of amides is 1. The summed E-state index contributed by atoms with van der Waals surface area (Å²) >= 11 is 0. The lowest BCUT2D eigenvalue weighted by Crippen LogP contribution is -2.52. The predicted octanol–water partition coefficient (Wildman–Crippen LogP) is 1.71. The van der Waals surface area contributed by atoms with Crippen LogP contribution < -0.4 is 5.32 Å². The highest BCUT2D eigenvalue weighted by atomic mass is 16.2. The Bertz CT molecular complexity index is 316. The van der Waals surface area contributed by atoms with Gasteiger partial charge in [0, 0.05) is 25.2 Å². The second-order valence-corrected chi connectivity index (χ2v) is 6.72. The van der Waals surface area contributed by atoms with Crippen LogP contribution in [0.15, 0.2) is 0 Å². The molecule has 2 aliphatic rings. The van der Waals surface area contributed by atoms with E-state index in [1.165, 1.54) is 12.8 Å². The molecule has 20 heavy (non-hydrogen) atoms. The highest BCUT2D eigenvalue weighted by Gasteiger charge is 2.36. The van der Waals surface area contributed by atoms with Crippen LogP contribution in [0, 0.1) is 5.92 Å². The molecule has 3 unspecified atom stereocenters. The fourth-order valence-electron chi connectivity index (χ4n) is 4.02. The highest BCUT2D eigenvalue weighted by molar-refractivity contribution is 5.81. The zero-order valence-electron chi connectivity index (χ0n) is 13.6. The fraction of sp³-hybridized carbons (Fsp3) is 0.938. The van der Waals surface area contributed by atoms with E-state index in [0.717, 1.165) is 38.4 Å². The van der Waals surface area contributed by atoms with Crippen LogP contribution in [0.3, 0.4) is 0 Å². The van der Waals surface area contributed by atoms with Crippen molar-refractivity contribution in [2.24, 2.45) is 5.92 Å². The third kappa shape index (κ3) is 3.34. The molecule has 0 bridgehead atoms. The molecule has 2 heterocycles. The van der Waals surface area contributed by atoms with Crippen LogP contribution in [-0.2, 0) is 4.79 Å². The lowest BCUT2D eigenvalue weighted by Gasteiger charge is -2.38. The van der Waals surface area contributed by atoms with Gasteiger partial charge in [0.25, 0.3) is 0 Å². The topological polar surface area (TPSA) is 35.6 Å². The third-order valence-corrected chi connectivity index (χ3v) is 5.24. The zero-order valence-corrected chi connectivity index (χ0v) is 13.6. The summed E-state index contributed by atoms with van der Waals surface area (Å²) < 4.78 is 0. The summed E-state index contributed by atoms with van der Waals surface area (Å²) in [5, 5.41) is 3.25. The van der Waals surface area contributed by atoms with Gasteiger partial charge in [-0.25, -0.2) is 0 Å². The summed E-state index contributed by atoms with van der Waals surface area (Å²) in [7, 11) is 2.01. The zero-order chi connectivity index (χ0) is 14.7. The number of piperidine rings is 1. The minimum Gasteiger partial charge on any atom is -0.341 e. The second-order valence-electron chi connectivity index (χ2n) is 6.72. The van der Waals surface area contributed by atoms with Gasteiger partial charge in [-0.05, 0) is 66.0 Å². The first-order valence-corrected chi connectivity index (χ1v) is 8.25. The van der Waals surface area contributed by atoms with Gasteiger partial charge in [-0.15, -0.1) is 0 Å². The molecule has 0 aromatic rings. The van der Waals surface area contributed by atoms with E-state index in [1.807, 2.05) is 7.05 Å². The molecule has 1 amide bonds. The highest BCUT2D eigenvalue weighted by Crippen LogP contribution is 2.27. The Labute approximate surface area is 123 Å². The quantitative estimate of drug-likeness (QED) is 0.852. The average Bonchev–Trinajstić information content (AvgIpc) is 2.78. The Morgan fingerprint density at radius 3 is 2.20 bits per heavy atom. The van der Waals surface area contributed by atoms with Crippen molar-refractivity contribution in [3.63, 3.8) is 0 Å². The molecule has 0 radical (unpaired) electrons. The smallest absolute Gasteiger partial charge is 0.239 e. The van der Waals surface area contributed by atoms with Crippen molar-refractivity contribution in [3.05, 3.63) is 0 Å². The molecule has 4 heteroatoms. The number of hydrogen-bond acceptors (Lipinski definition) is 3. The van der Waals surface area contributed by atoms with Crippen LogP contribution in [0.25, 0.3) is 0 Å². The van der Waals surface area contributed by atoms with Crippen molar-refractivity contribution in [1.29, 1.82) is 0 Å². The number of carbonyl (C=O) groups is 1. The first-order chi connectivity index (χ1) is 9.54. The van der Waals surface area contributed by atoms with Crippen LogP contribution in [0.5, 0.6) is 0 Å². The van der Waals surface area contributed by atoms with Gasteiger partial charge < -0.3 is 10.2 Å². The maximum atomic E-state index is 12.7. The first kappa shape index (κ1) is 15.8. The van der Waals surface area contributed by atoms with Gasteiger partial charge in [-0.1, -0.05) is 0 Å². The maximum Gasteiger partial charge on any atom is 0.239 e. The number of nitrogens with one attached hydrogen (secondary N) is 1. The third-order valence-electron chi connectivity index (χ3n) is 5.24. The van der Waals surface area contributed by atoms with Gasteiger partial charge in [-0.2, -0.15) is 0 Å². The molecule has 0 aromatic heterocycles. The number of hydrogen-bond donors (Lipinski definition) is 1. The summed E-state index contributed by atoms with van der Waals surface area (Å²) in [4.78, 5) is 17.2. The molecule has 4 nitrogen and oxygen atoms in total. The summed E-state index contributed by atoms with van der Waals surface area (Å²) in [5.41, 5.74) is 0. The van der Waals surface area contributed by atoms with E-state index in [2.05, 4.69) is 35.9 Å². The van der Waals surface area contributed by atoms with E-state index >= 15 is 0 Å². The monoisotopic (exact) mass is 281 g/mol. The normalized spacial score (nSPS) is 30.7. The first-order valence-electron chi connectivity index (χ1n) is 8.25. The summed E-state index contributed by atoms with van der Waals surface area (Å²) in [5.74, 6) is 1.08. The number of nitrogens with zero attached hydrogens (tertiary/aromatic N) is 2. The number of rotatable bonds is 4. The van der Waals surface area contributed by atoms with E-state index in [1.54, 1.807) is 0 Å². The molecule has 2 rings (SSSR count). The van der Waals surface area contributed by atoms with Gasteiger partial charge in [0.1, 0.15) is 0 Å². The van der Waals surface area contributed by atoms with Crippen molar-refractivity contribution < 1.29 is 4.79 Å². The SMILES string of the molecule is CNCC1CCN(C(=O)C(C)N2C(C)CCC2C)CC1. The van der Waals surface area contributed by atoms with Crippen molar-refractivity contribution in [2.75, 3.05) is 26.7 Å². The Morgan fingerprint density at radius 1 is 1.15 bits per heavy atom. The molecule has 1 N–H and O–H groups in total. The molecule has 3 atom stereocenters. The summed E-state index contributed by atoms with van der Waals surface area (Å²) in [6, 6.07) is 1.14. The fourth-order valence-corrected chi connectivity index (χ4v) is 4.02. The molecule has 0 aromatic carbocycles. The Kier molecular flexibility index (Phi) is 5.44. The van der Waals surface area contributed by atoms with Gasteiger partial charge >= 0.3 is 0 Å².